The van der Waals surface area contributed by atoms with E-state index in [1.165, 1.54) is 18.1 Å². The quantitative estimate of drug-likeness (QED) is 0.251. The number of piperidine rings is 1. The average molecular weight is 648 g/mol. The van der Waals surface area contributed by atoms with Gasteiger partial charge in [-0.3, -0.25) is 9.59 Å². The highest BCUT2D eigenvalue weighted by atomic mass is 19.4. The molecule has 47 heavy (non-hydrogen) atoms. The Balaban J connectivity index is 1.23. The van der Waals surface area contributed by atoms with Gasteiger partial charge >= 0.3 is 6.18 Å². The van der Waals surface area contributed by atoms with Gasteiger partial charge in [0.2, 0.25) is 6.41 Å². The van der Waals surface area contributed by atoms with Crippen molar-refractivity contribution in [3.63, 3.8) is 0 Å². The van der Waals surface area contributed by atoms with Gasteiger partial charge in [0.05, 0.1) is 29.5 Å². The summed E-state index contributed by atoms with van der Waals surface area (Å²) in [6.45, 7) is 2.93. The third kappa shape index (κ3) is 6.57. The Labute approximate surface area is 270 Å². The van der Waals surface area contributed by atoms with Crippen LogP contribution in [-0.4, -0.2) is 82.2 Å². The van der Waals surface area contributed by atoms with Gasteiger partial charge in [0.15, 0.2) is 0 Å². The maximum Gasteiger partial charge on any atom is 0.416 e. The fourth-order valence-corrected chi connectivity index (χ4v) is 7.01. The number of hydrogen-bond donors (Lipinski definition) is 1. The summed E-state index contributed by atoms with van der Waals surface area (Å²) in [5, 5.41) is 14.3. The fraction of sp³-hybridized carbons (Fsp3) is 0.382. The van der Waals surface area contributed by atoms with Crippen LogP contribution >= 0.6 is 0 Å². The lowest BCUT2D eigenvalue weighted by atomic mass is 9.76. The molecule has 1 unspecified atom stereocenters. The molecule has 6 rings (SSSR count). The molecule has 4 aromatic rings. The van der Waals surface area contributed by atoms with Crippen molar-refractivity contribution >= 4 is 12.3 Å². The number of tetrazole rings is 1. The molecule has 2 aliphatic rings. The SMILES string of the molecule is COc1ccc(-n2cnnn2)cc1C(=O)N1CCC(CCN2CCC(NC=O)(c3ccccc3)CC2)(c2ccc(C(F)(F)F)cc2)C1. The second-order valence-corrected chi connectivity index (χ2v) is 12.3. The number of benzene rings is 3. The smallest absolute Gasteiger partial charge is 0.416 e. The van der Waals surface area contributed by atoms with Crippen molar-refractivity contribution in [2.24, 2.45) is 0 Å². The van der Waals surface area contributed by atoms with Gasteiger partial charge in [0.25, 0.3) is 5.91 Å². The van der Waals surface area contributed by atoms with Crippen molar-refractivity contribution in [2.45, 2.75) is 42.8 Å². The van der Waals surface area contributed by atoms with Gasteiger partial charge in [-0.05, 0) is 84.1 Å². The monoisotopic (exact) mass is 647 g/mol. The lowest BCUT2D eigenvalue weighted by Crippen LogP contribution is -2.51. The molecule has 0 saturated carbocycles. The van der Waals surface area contributed by atoms with Crippen LogP contribution in [0.4, 0.5) is 13.2 Å². The number of halogens is 3. The van der Waals surface area contributed by atoms with Crippen molar-refractivity contribution in [1.82, 2.24) is 35.3 Å². The van der Waals surface area contributed by atoms with E-state index in [-0.39, 0.29) is 5.91 Å². The molecule has 2 fully saturated rings. The zero-order valence-corrected chi connectivity index (χ0v) is 26.0. The van der Waals surface area contributed by atoms with Gasteiger partial charge in [0.1, 0.15) is 12.1 Å². The number of likely N-dealkylation sites (tertiary alicyclic amines) is 2. The van der Waals surface area contributed by atoms with E-state index in [0.29, 0.717) is 49.5 Å². The first-order valence-electron chi connectivity index (χ1n) is 15.5. The number of methoxy groups -OCH3 is 1. The van der Waals surface area contributed by atoms with E-state index in [1.807, 2.05) is 30.3 Å². The second kappa shape index (κ2) is 13.1. The van der Waals surface area contributed by atoms with Crippen LogP contribution in [0, 0.1) is 0 Å². The van der Waals surface area contributed by atoms with Crippen LogP contribution in [0.1, 0.15) is 52.7 Å². The number of ether oxygens (including phenoxy) is 1. The predicted octanol–water partition coefficient (Wildman–Crippen LogP) is 4.60. The standard InChI is InChI=1S/C34H36F3N7O3/c1-47-30-12-11-28(44-23-39-40-41-44)21-29(30)31(46)43-20-14-32(22-43,25-7-9-27(10-8-25)34(35,36)37)13-17-42-18-15-33(16-19-42,38-24-45)26-5-3-2-4-6-26/h2-12,21,23-24H,13-20,22H2,1H3,(H,38,45). The van der Waals surface area contributed by atoms with Gasteiger partial charge in [-0.15, -0.1) is 5.10 Å². The number of amides is 2. The Kier molecular flexibility index (Phi) is 9.00. The Hall–Kier alpha value is -4.78. The zero-order chi connectivity index (χ0) is 33.1. The molecule has 2 aliphatic heterocycles. The minimum atomic E-state index is -4.45. The highest BCUT2D eigenvalue weighted by Gasteiger charge is 2.43. The first kappa shape index (κ1) is 32.2. The highest BCUT2D eigenvalue weighted by Crippen LogP contribution is 2.41. The van der Waals surface area contributed by atoms with Crippen LogP contribution in [-0.2, 0) is 21.9 Å². The Morgan fingerprint density at radius 3 is 2.36 bits per heavy atom. The molecule has 1 atom stereocenters. The molecule has 2 saturated heterocycles. The summed E-state index contributed by atoms with van der Waals surface area (Å²) in [4.78, 5) is 29.7. The molecule has 13 heteroatoms. The van der Waals surface area contributed by atoms with Gasteiger partial charge in [-0.25, -0.2) is 4.68 Å². The molecule has 0 radical (unpaired) electrons. The number of hydrogen-bond acceptors (Lipinski definition) is 7. The van der Waals surface area contributed by atoms with E-state index in [4.69, 9.17) is 4.74 Å². The van der Waals surface area contributed by atoms with Crippen LogP contribution in [0.5, 0.6) is 5.75 Å². The summed E-state index contributed by atoms with van der Waals surface area (Å²) in [6.07, 6.45) is 0.438. The van der Waals surface area contributed by atoms with E-state index in [9.17, 15) is 22.8 Å². The van der Waals surface area contributed by atoms with Gasteiger partial charge < -0.3 is 19.9 Å². The van der Waals surface area contributed by atoms with Crippen LogP contribution in [0.3, 0.4) is 0 Å². The number of nitrogens with zero attached hydrogens (tertiary/aromatic N) is 6. The van der Waals surface area contributed by atoms with Gasteiger partial charge in [-0.1, -0.05) is 42.5 Å². The fourth-order valence-electron chi connectivity index (χ4n) is 7.01. The van der Waals surface area contributed by atoms with Crippen molar-refractivity contribution in [2.75, 3.05) is 39.8 Å². The molecular weight excluding hydrogens is 611 g/mol. The first-order chi connectivity index (χ1) is 22.7. The van der Waals surface area contributed by atoms with Gasteiger partial charge in [-0.2, -0.15) is 13.2 Å². The van der Waals surface area contributed by atoms with Crippen molar-refractivity contribution in [1.29, 1.82) is 0 Å². The summed E-state index contributed by atoms with van der Waals surface area (Å²) in [6, 6.07) is 20.4. The van der Waals surface area contributed by atoms with E-state index in [2.05, 4.69) is 25.7 Å². The number of aromatic nitrogens is 4. The lowest BCUT2D eigenvalue weighted by molar-refractivity contribution is -0.137. The zero-order valence-electron chi connectivity index (χ0n) is 26.0. The molecule has 0 aliphatic carbocycles. The van der Waals surface area contributed by atoms with Crippen molar-refractivity contribution in [3.8, 4) is 11.4 Å². The Morgan fingerprint density at radius 1 is 0.979 bits per heavy atom. The van der Waals surface area contributed by atoms with Crippen molar-refractivity contribution < 1.29 is 27.5 Å². The maximum absolute atomic E-state index is 14.0. The summed E-state index contributed by atoms with van der Waals surface area (Å²) in [5.74, 6) is 0.161. The van der Waals surface area contributed by atoms with Crippen molar-refractivity contribution in [3.05, 3.63) is 101 Å². The summed E-state index contributed by atoms with van der Waals surface area (Å²) < 4.78 is 47.4. The van der Waals surface area contributed by atoms with E-state index in [1.54, 1.807) is 35.2 Å². The van der Waals surface area contributed by atoms with Crippen LogP contribution < -0.4 is 10.1 Å². The Morgan fingerprint density at radius 2 is 1.72 bits per heavy atom. The normalized spacial score (nSPS) is 19.8. The first-order valence-corrected chi connectivity index (χ1v) is 15.5. The third-order valence-corrected chi connectivity index (χ3v) is 9.77. The minimum absolute atomic E-state index is 0.240. The molecule has 3 aromatic carbocycles. The summed E-state index contributed by atoms with van der Waals surface area (Å²) >= 11 is 0. The van der Waals surface area contributed by atoms with Crippen LogP contribution in [0.15, 0.2) is 79.1 Å². The number of nitrogens with one attached hydrogen (secondary N) is 1. The molecule has 10 nitrogen and oxygen atoms in total. The highest BCUT2D eigenvalue weighted by molar-refractivity contribution is 5.97. The molecule has 1 N–H and O–H groups in total. The number of carbonyl (C=O) groups is 2. The van der Waals surface area contributed by atoms with E-state index in [0.717, 1.165) is 55.6 Å². The number of carbonyl (C=O) groups excluding carboxylic acids is 2. The topological polar surface area (TPSA) is 105 Å². The van der Waals surface area contributed by atoms with E-state index >= 15 is 0 Å². The van der Waals surface area contributed by atoms with Gasteiger partial charge in [0, 0.05) is 31.6 Å². The minimum Gasteiger partial charge on any atom is -0.496 e. The third-order valence-electron chi connectivity index (χ3n) is 9.77. The van der Waals surface area contributed by atoms with Crippen LogP contribution in [0.2, 0.25) is 0 Å². The number of alkyl halides is 3. The summed E-state index contributed by atoms with van der Waals surface area (Å²) in [7, 11) is 1.50. The molecule has 1 aromatic heterocycles. The lowest BCUT2D eigenvalue weighted by Gasteiger charge is -2.43. The van der Waals surface area contributed by atoms with E-state index < -0.39 is 22.7 Å². The summed E-state index contributed by atoms with van der Waals surface area (Å²) in [5.41, 5.74) is 1.06. The second-order valence-electron chi connectivity index (χ2n) is 12.3. The molecule has 246 valence electrons. The molecule has 0 bridgehead atoms. The molecule has 0 spiro atoms. The largest absolute Gasteiger partial charge is 0.496 e. The number of rotatable bonds is 10. The predicted molar refractivity (Wildman–Crippen MR) is 167 cm³/mol. The molecule has 3 heterocycles. The maximum atomic E-state index is 14.0. The Bertz CT molecular complexity index is 1680. The van der Waals surface area contributed by atoms with Crippen LogP contribution in [0.25, 0.3) is 5.69 Å². The molecular formula is C34H36F3N7O3. The molecule has 2 amide bonds. The average Bonchev–Trinajstić information content (AvgIpc) is 3.80.